The molecule has 118 valence electrons. The Morgan fingerprint density at radius 3 is 2.64 bits per heavy atom. The van der Waals surface area contributed by atoms with Crippen LogP contribution in [0.2, 0.25) is 0 Å². The molecule has 0 spiro atoms. The van der Waals surface area contributed by atoms with Gasteiger partial charge in [-0.2, -0.15) is 4.98 Å². The highest BCUT2D eigenvalue weighted by molar-refractivity contribution is 5.23. The van der Waals surface area contributed by atoms with E-state index in [1.165, 1.54) is 12.3 Å². The highest BCUT2D eigenvalue weighted by Crippen LogP contribution is 2.20. The van der Waals surface area contributed by atoms with Gasteiger partial charge in [0.25, 0.3) is 5.92 Å². The van der Waals surface area contributed by atoms with Crippen molar-refractivity contribution in [3.05, 3.63) is 58.6 Å². The molecule has 0 saturated heterocycles. The first kappa shape index (κ1) is 16.1. The zero-order chi connectivity index (χ0) is 16.0. The molecule has 5 nitrogen and oxygen atoms in total. The second kappa shape index (κ2) is 7.13. The van der Waals surface area contributed by atoms with Crippen molar-refractivity contribution in [1.29, 1.82) is 0 Å². The number of ether oxygens (including phenoxy) is 1. The van der Waals surface area contributed by atoms with Crippen molar-refractivity contribution in [2.24, 2.45) is 0 Å². The van der Waals surface area contributed by atoms with Gasteiger partial charge in [-0.1, -0.05) is 30.3 Å². The van der Waals surface area contributed by atoms with Crippen molar-refractivity contribution in [3.63, 3.8) is 0 Å². The number of anilines is 1. The Kier molecular flexibility index (Phi) is 5.21. The van der Waals surface area contributed by atoms with Crippen molar-refractivity contribution >= 4 is 5.82 Å². The van der Waals surface area contributed by atoms with E-state index in [4.69, 9.17) is 10.5 Å². The average Bonchev–Trinajstić information content (AvgIpc) is 2.48. The summed E-state index contributed by atoms with van der Waals surface area (Å²) in [5.41, 5.74) is 5.45. The van der Waals surface area contributed by atoms with E-state index in [0.29, 0.717) is 0 Å². The van der Waals surface area contributed by atoms with E-state index in [-0.39, 0.29) is 19.0 Å². The summed E-state index contributed by atoms with van der Waals surface area (Å²) in [7, 11) is 0. The Morgan fingerprint density at radius 2 is 1.95 bits per heavy atom. The van der Waals surface area contributed by atoms with Gasteiger partial charge >= 0.3 is 5.69 Å². The van der Waals surface area contributed by atoms with Crippen molar-refractivity contribution in [1.82, 2.24) is 9.55 Å². The van der Waals surface area contributed by atoms with Crippen LogP contribution in [-0.4, -0.2) is 22.1 Å². The van der Waals surface area contributed by atoms with Gasteiger partial charge in [0.2, 0.25) is 0 Å². The Hall–Kier alpha value is -2.28. The second-order valence-corrected chi connectivity index (χ2v) is 4.91. The summed E-state index contributed by atoms with van der Waals surface area (Å²) in [5, 5.41) is 0. The smallest absolute Gasteiger partial charge is 0.349 e. The van der Waals surface area contributed by atoms with Crippen molar-refractivity contribution < 1.29 is 13.5 Å². The molecule has 22 heavy (non-hydrogen) atoms. The molecule has 0 aliphatic heterocycles. The molecule has 0 amide bonds. The lowest BCUT2D eigenvalue weighted by Crippen LogP contribution is -2.33. The van der Waals surface area contributed by atoms with Gasteiger partial charge in [0.1, 0.15) is 5.82 Å². The number of nitrogens with zero attached hydrogens (tertiary/aromatic N) is 2. The number of nitrogen functional groups attached to an aromatic ring is 1. The number of aromatic nitrogens is 2. The van der Waals surface area contributed by atoms with Gasteiger partial charge in [-0.25, -0.2) is 13.6 Å². The quantitative estimate of drug-likeness (QED) is 0.795. The van der Waals surface area contributed by atoms with Crippen LogP contribution >= 0.6 is 0 Å². The summed E-state index contributed by atoms with van der Waals surface area (Å²) in [6, 6.07) is 10.6. The number of rotatable bonds is 7. The van der Waals surface area contributed by atoms with Gasteiger partial charge in [-0.05, 0) is 11.6 Å². The van der Waals surface area contributed by atoms with E-state index in [0.717, 1.165) is 10.1 Å². The largest absolute Gasteiger partial charge is 0.383 e. The average molecular weight is 309 g/mol. The minimum absolute atomic E-state index is 0.00996. The fraction of sp³-hybridized carbons (Fsp3) is 0.333. The topological polar surface area (TPSA) is 70.1 Å². The van der Waals surface area contributed by atoms with Crippen LogP contribution in [0, 0.1) is 0 Å². The molecule has 0 radical (unpaired) electrons. The van der Waals surface area contributed by atoms with Crippen LogP contribution < -0.4 is 11.4 Å². The Balaban J connectivity index is 1.82. The number of hydrogen-bond donors (Lipinski definition) is 1. The number of nitrogens with two attached hydrogens (primary N) is 1. The predicted octanol–water partition coefficient (Wildman–Crippen LogP) is 2.07. The predicted molar refractivity (Wildman–Crippen MR) is 78.6 cm³/mol. The zero-order valence-electron chi connectivity index (χ0n) is 11.9. The highest BCUT2D eigenvalue weighted by atomic mass is 19.3. The maximum Gasteiger partial charge on any atom is 0.349 e. The van der Waals surface area contributed by atoms with Gasteiger partial charge in [-0.15, -0.1) is 0 Å². The molecule has 0 bridgehead atoms. The van der Waals surface area contributed by atoms with E-state index >= 15 is 0 Å². The molecule has 1 heterocycles. The molecule has 2 aromatic rings. The number of alkyl halides is 2. The van der Waals surface area contributed by atoms with E-state index in [2.05, 4.69) is 4.98 Å². The summed E-state index contributed by atoms with van der Waals surface area (Å²) < 4.78 is 33.7. The first-order valence-corrected chi connectivity index (χ1v) is 6.79. The van der Waals surface area contributed by atoms with Gasteiger partial charge < -0.3 is 10.5 Å². The van der Waals surface area contributed by atoms with Crippen LogP contribution in [-0.2, 0) is 17.9 Å². The Morgan fingerprint density at radius 1 is 1.23 bits per heavy atom. The highest BCUT2D eigenvalue weighted by Gasteiger charge is 2.29. The molecule has 1 aromatic carbocycles. The summed E-state index contributed by atoms with van der Waals surface area (Å²) in [6.07, 6.45) is 0.736. The molecule has 0 aliphatic carbocycles. The van der Waals surface area contributed by atoms with E-state index in [9.17, 15) is 13.6 Å². The molecule has 0 aliphatic rings. The standard InChI is InChI=1S/C15H17F2N3O2/c16-15(17,11-20-8-6-13(18)19-14(20)21)7-9-22-10-12-4-2-1-3-5-12/h1-6,8H,7,9-11H2,(H2,18,19,21). The third-order valence-corrected chi connectivity index (χ3v) is 3.02. The third kappa shape index (κ3) is 4.92. The van der Waals surface area contributed by atoms with Crippen LogP contribution in [0.3, 0.4) is 0 Å². The molecule has 0 saturated carbocycles. The van der Waals surface area contributed by atoms with Crippen LogP contribution in [0.1, 0.15) is 12.0 Å². The molecular weight excluding hydrogens is 292 g/mol. The Labute approximate surface area is 126 Å². The molecule has 7 heteroatoms. The zero-order valence-corrected chi connectivity index (χ0v) is 11.9. The van der Waals surface area contributed by atoms with Crippen LogP contribution in [0.25, 0.3) is 0 Å². The third-order valence-electron chi connectivity index (χ3n) is 3.02. The van der Waals surface area contributed by atoms with E-state index < -0.39 is 24.6 Å². The minimum Gasteiger partial charge on any atom is -0.383 e. The van der Waals surface area contributed by atoms with Crippen molar-refractivity contribution in [3.8, 4) is 0 Å². The van der Waals surface area contributed by atoms with Gasteiger partial charge in [0, 0.05) is 12.6 Å². The van der Waals surface area contributed by atoms with Crippen molar-refractivity contribution in [2.45, 2.75) is 25.5 Å². The van der Waals surface area contributed by atoms with Gasteiger partial charge in [-0.3, -0.25) is 4.57 Å². The molecule has 2 N–H and O–H groups in total. The van der Waals surface area contributed by atoms with E-state index in [1.54, 1.807) is 0 Å². The molecule has 0 fully saturated rings. The van der Waals surface area contributed by atoms with E-state index in [1.807, 2.05) is 30.3 Å². The van der Waals surface area contributed by atoms with Gasteiger partial charge in [0.15, 0.2) is 0 Å². The molecule has 1 aromatic heterocycles. The summed E-state index contributed by atoms with van der Waals surface area (Å²) in [6.45, 7) is -0.562. The number of hydrogen-bond acceptors (Lipinski definition) is 4. The van der Waals surface area contributed by atoms with Crippen molar-refractivity contribution in [2.75, 3.05) is 12.3 Å². The first-order chi connectivity index (χ1) is 10.5. The lowest BCUT2D eigenvalue weighted by atomic mass is 10.2. The first-order valence-electron chi connectivity index (χ1n) is 6.79. The monoisotopic (exact) mass is 309 g/mol. The molecule has 0 unspecified atom stereocenters. The summed E-state index contributed by atoms with van der Waals surface area (Å²) in [5.74, 6) is -3.05. The summed E-state index contributed by atoms with van der Waals surface area (Å²) in [4.78, 5) is 14.9. The molecule has 2 rings (SSSR count). The number of halogens is 2. The fourth-order valence-electron chi connectivity index (χ4n) is 1.88. The second-order valence-electron chi connectivity index (χ2n) is 4.91. The van der Waals surface area contributed by atoms with Crippen LogP contribution in [0.4, 0.5) is 14.6 Å². The summed E-state index contributed by atoms with van der Waals surface area (Å²) >= 11 is 0. The lowest BCUT2D eigenvalue weighted by Gasteiger charge is -2.17. The van der Waals surface area contributed by atoms with Gasteiger partial charge in [0.05, 0.1) is 19.8 Å². The van der Waals surface area contributed by atoms with Crippen LogP contribution in [0.5, 0.6) is 0 Å². The normalized spacial score (nSPS) is 11.5. The van der Waals surface area contributed by atoms with Crippen LogP contribution in [0.15, 0.2) is 47.4 Å². The number of benzene rings is 1. The lowest BCUT2D eigenvalue weighted by molar-refractivity contribution is -0.0495. The fourth-order valence-corrected chi connectivity index (χ4v) is 1.88. The minimum atomic E-state index is -3.06. The Bertz CT molecular complexity index is 659. The maximum absolute atomic E-state index is 13.8. The molecule has 0 atom stereocenters. The molecular formula is C15H17F2N3O2. The SMILES string of the molecule is Nc1ccn(CC(F)(F)CCOCc2ccccc2)c(=O)n1. The maximum atomic E-state index is 13.8.